The lowest BCUT2D eigenvalue weighted by Gasteiger charge is -2.34. The first-order valence-electron chi connectivity index (χ1n) is 10.1. The van der Waals surface area contributed by atoms with Gasteiger partial charge in [-0.05, 0) is 17.7 Å². The Hall–Kier alpha value is -3.26. The number of hydrogen-bond acceptors (Lipinski definition) is 7. The number of piperazine rings is 1. The van der Waals surface area contributed by atoms with Gasteiger partial charge in [0.2, 0.25) is 5.75 Å². The smallest absolute Gasteiger partial charge is 0.342 e. The first-order chi connectivity index (χ1) is 15.1. The number of carbonyl (C=O) groups is 2. The number of benzene rings is 2. The second-order valence-corrected chi connectivity index (χ2v) is 7.10. The van der Waals surface area contributed by atoms with Gasteiger partial charge in [0, 0.05) is 32.7 Å². The molecule has 0 radical (unpaired) electrons. The van der Waals surface area contributed by atoms with Crippen LogP contribution in [0.15, 0.2) is 42.5 Å². The molecule has 8 heteroatoms. The monoisotopic (exact) mass is 428 g/mol. The molecule has 0 aliphatic carbocycles. The van der Waals surface area contributed by atoms with E-state index in [-0.39, 0.29) is 23.8 Å². The van der Waals surface area contributed by atoms with Crippen LogP contribution in [0.2, 0.25) is 0 Å². The first-order valence-corrected chi connectivity index (χ1v) is 10.1. The largest absolute Gasteiger partial charge is 0.493 e. The molecule has 31 heavy (non-hydrogen) atoms. The second kappa shape index (κ2) is 10.7. The minimum atomic E-state index is -0.658. The average Bonchev–Trinajstić information content (AvgIpc) is 2.82. The van der Waals surface area contributed by atoms with Crippen LogP contribution in [-0.2, 0) is 16.1 Å². The van der Waals surface area contributed by atoms with E-state index in [0.29, 0.717) is 24.6 Å². The van der Waals surface area contributed by atoms with Crippen LogP contribution in [0.5, 0.6) is 17.2 Å². The summed E-state index contributed by atoms with van der Waals surface area (Å²) in [5.74, 6) is 0.0514. The molecule has 0 atom stereocenters. The van der Waals surface area contributed by atoms with Gasteiger partial charge in [0.15, 0.2) is 18.1 Å². The summed E-state index contributed by atoms with van der Waals surface area (Å²) in [4.78, 5) is 29.1. The Morgan fingerprint density at radius 1 is 0.839 bits per heavy atom. The molecule has 0 spiro atoms. The quantitative estimate of drug-likeness (QED) is 0.597. The van der Waals surface area contributed by atoms with Crippen LogP contribution in [0.4, 0.5) is 0 Å². The number of nitrogens with zero attached hydrogens (tertiary/aromatic N) is 2. The second-order valence-electron chi connectivity index (χ2n) is 7.10. The van der Waals surface area contributed by atoms with E-state index >= 15 is 0 Å². The van der Waals surface area contributed by atoms with Crippen molar-refractivity contribution >= 4 is 11.9 Å². The van der Waals surface area contributed by atoms with E-state index < -0.39 is 5.97 Å². The Morgan fingerprint density at radius 3 is 2.13 bits per heavy atom. The molecule has 1 heterocycles. The van der Waals surface area contributed by atoms with Gasteiger partial charge in [-0.2, -0.15) is 0 Å². The molecule has 0 bridgehead atoms. The zero-order valence-corrected chi connectivity index (χ0v) is 18.1. The van der Waals surface area contributed by atoms with Crippen molar-refractivity contribution in [1.82, 2.24) is 9.80 Å². The van der Waals surface area contributed by atoms with Crippen LogP contribution < -0.4 is 14.2 Å². The van der Waals surface area contributed by atoms with E-state index in [1.54, 1.807) is 11.0 Å². The van der Waals surface area contributed by atoms with Gasteiger partial charge in [-0.1, -0.05) is 30.3 Å². The van der Waals surface area contributed by atoms with Crippen LogP contribution in [0.3, 0.4) is 0 Å². The zero-order chi connectivity index (χ0) is 22.2. The van der Waals surface area contributed by atoms with Gasteiger partial charge in [0.05, 0.1) is 21.3 Å². The third-order valence-corrected chi connectivity index (χ3v) is 5.22. The summed E-state index contributed by atoms with van der Waals surface area (Å²) in [6.45, 7) is 3.29. The molecule has 2 aromatic rings. The summed E-state index contributed by atoms with van der Waals surface area (Å²) in [6, 6.07) is 13.4. The number of hydrogen-bond donors (Lipinski definition) is 0. The SMILES string of the molecule is COc1ccc(C(=O)OCC(=O)N2CCN(Cc3ccccc3)CC2)c(OC)c1OC. The van der Waals surface area contributed by atoms with Crippen LogP contribution in [0.1, 0.15) is 15.9 Å². The molecule has 8 nitrogen and oxygen atoms in total. The Bertz CT molecular complexity index is 894. The van der Waals surface area contributed by atoms with Gasteiger partial charge in [0.25, 0.3) is 5.91 Å². The summed E-state index contributed by atoms with van der Waals surface area (Å²) in [5.41, 5.74) is 1.42. The van der Waals surface area contributed by atoms with Crippen molar-refractivity contribution in [3.63, 3.8) is 0 Å². The number of esters is 1. The van der Waals surface area contributed by atoms with E-state index in [1.807, 2.05) is 18.2 Å². The maximum absolute atomic E-state index is 12.6. The van der Waals surface area contributed by atoms with Crippen molar-refractivity contribution in [1.29, 1.82) is 0 Å². The van der Waals surface area contributed by atoms with Gasteiger partial charge in [0.1, 0.15) is 5.56 Å². The van der Waals surface area contributed by atoms with Gasteiger partial charge in [-0.15, -0.1) is 0 Å². The highest BCUT2D eigenvalue weighted by Crippen LogP contribution is 2.39. The summed E-state index contributed by atoms with van der Waals surface area (Å²) >= 11 is 0. The number of amides is 1. The maximum Gasteiger partial charge on any atom is 0.342 e. The molecular weight excluding hydrogens is 400 g/mol. The fourth-order valence-electron chi connectivity index (χ4n) is 3.56. The molecule has 1 amide bonds. The summed E-state index contributed by atoms with van der Waals surface area (Å²) < 4.78 is 21.1. The Kier molecular flexibility index (Phi) is 7.72. The first kappa shape index (κ1) is 22.4. The van der Waals surface area contributed by atoms with Crippen molar-refractivity contribution in [3.8, 4) is 17.2 Å². The molecule has 166 valence electrons. The molecule has 0 aromatic heterocycles. The van der Waals surface area contributed by atoms with E-state index in [9.17, 15) is 9.59 Å². The average molecular weight is 428 g/mol. The lowest BCUT2D eigenvalue weighted by Crippen LogP contribution is -2.49. The fourth-order valence-corrected chi connectivity index (χ4v) is 3.56. The minimum Gasteiger partial charge on any atom is -0.493 e. The fraction of sp³-hybridized carbons (Fsp3) is 0.391. The highest BCUT2D eigenvalue weighted by molar-refractivity contribution is 5.95. The van der Waals surface area contributed by atoms with Gasteiger partial charge < -0.3 is 23.8 Å². The normalized spacial score (nSPS) is 14.1. The van der Waals surface area contributed by atoms with Crippen LogP contribution >= 0.6 is 0 Å². The molecule has 0 N–H and O–H groups in total. The highest BCUT2D eigenvalue weighted by Gasteiger charge is 2.25. The van der Waals surface area contributed by atoms with Gasteiger partial charge in [-0.25, -0.2) is 4.79 Å². The Morgan fingerprint density at radius 2 is 1.52 bits per heavy atom. The van der Waals surface area contributed by atoms with Crippen molar-refractivity contribution in [3.05, 3.63) is 53.6 Å². The lowest BCUT2D eigenvalue weighted by molar-refractivity contribution is -0.136. The van der Waals surface area contributed by atoms with Gasteiger partial charge in [-0.3, -0.25) is 9.69 Å². The molecule has 1 saturated heterocycles. The van der Waals surface area contributed by atoms with Crippen molar-refractivity contribution in [2.45, 2.75) is 6.54 Å². The van der Waals surface area contributed by atoms with E-state index in [2.05, 4.69) is 17.0 Å². The van der Waals surface area contributed by atoms with Crippen molar-refractivity contribution in [2.24, 2.45) is 0 Å². The Labute approximate surface area is 182 Å². The standard InChI is InChI=1S/C23H28N2O6/c1-28-19-10-9-18(21(29-2)22(19)30-3)23(27)31-16-20(26)25-13-11-24(12-14-25)15-17-7-5-4-6-8-17/h4-10H,11-16H2,1-3H3. The van der Waals surface area contributed by atoms with Crippen molar-refractivity contribution < 1.29 is 28.5 Å². The predicted octanol–water partition coefficient (Wildman–Crippen LogP) is 2.21. The molecule has 3 rings (SSSR count). The molecule has 0 saturated carbocycles. The maximum atomic E-state index is 12.6. The third-order valence-electron chi connectivity index (χ3n) is 5.22. The summed E-state index contributed by atoms with van der Waals surface area (Å²) in [7, 11) is 4.37. The molecule has 0 unspecified atom stereocenters. The number of rotatable bonds is 8. The van der Waals surface area contributed by atoms with Gasteiger partial charge >= 0.3 is 5.97 Å². The lowest BCUT2D eigenvalue weighted by atomic mass is 10.1. The van der Waals surface area contributed by atoms with Crippen LogP contribution in [0, 0.1) is 0 Å². The number of carbonyl (C=O) groups excluding carboxylic acids is 2. The molecule has 1 aliphatic heterocycles. The molecule has 2 aromatic carbocycles. The van der Waals surface area contributed by atoms with E-state index in [4.69, 9.17) is 18.9 Å². The zero-order valence-electron chi connectivity index (χ0n) is 18.1. The van der Waals surface area contributed by atoms with Crippen molar-refractivity contribution in [2.75, 3.05) is 54.1 Å². The highest BCUT2D eigenvalue weighted by atomic mass is 16.5. The summed E-state index contributed by atoms with van der Waals surface area (Å²) in [5, 5.41) is 0. The molecule has 1 aliphatic rings. The van der Waals surface area contributed by atoms with E-state index in [1.165, 1.54) is 33.0 Å². The topological polar surface area (TPSA) is 77.5 Å². The summed E-state index contributed by atoms with van der Waals surface area (Å²) in [6.07, 6.45) is 0. The molecule has 1 fully saturated rings. The predicted molar refractivity (Wildman–Crippen MR) is 115 cm³/mol. The van der Waals surface area contributed by atoms with E-state index in [0.717, 1.165) is 19.6 Å². The minimum absolute atomic E-state index is 0.167. The third kappa shape index (κ3) is 5.46. The van der Waals surface area contributed by atoms with Crippen LogP contribution in [-0.4, -0.2) is 75.8 Å². The molecular formula is C23H28N2O6. The Balaban J connectivity index is 1.52. The van der Waals surface area contributed by atoms with Crippen LogP contribution in [0.25, 0.3) is 0 Å². The number of methoxy groups -OCH3 is 3. The number of ether oxygens (including phenoxy) is 4.